The Labute approximate surface area is 202 Å². The predicted octanol–water partition coefficient (Wildman–Crippen LogP) is 3.90. The molecule has 1 aliphatic rings. The van der Waals surface area contributed by atoms with Gasteiger partial charge in [0.25, 0.3) is 10.0 Å². The van der Waals surface area contributed by atoms with Gasteiger partial charge in [-0.3, -0.25) is 9.12 Å². The number of likely N-dealkylation sites (N-methyl/N-ethyl adjacent to an activating group) is 1. The smallest absolute Gasteiger partial charge is 0.263 e. The van der Waals surface area contributed by atoms with Crippen LogP contribution in [0.3, 0.4) is 0 Å². The number of hydrogen-bond acceptors (Lipinski definition) is 7. The molecule has 4 aromatic rings. The molecule has 0 radical (unpaired) electrons. The largest absolute Gasteiger partial charge is 0.490 e. The summed E-state index contributed by atoms with van der Waals surface area (Å²) < 4.78 is 42.3. The highest BCUT2D eigenvalue weighted by Crippen LogP contribution is 2.33. The van der Waals surface area contributed by atoms with Gasteiger partial charge in [-0.2, -0.15) is 0 Å². The molecule has 1 aliphatic heterocycles. The Morgan fingerprint density at radius 1 is 1.24 bits per heavy atom. The molecule has 2 aromatic heterocycles. The standard InChI is InChI=1S/C23H22ClN5O4S/c1-15-17(24)4-3-5-20(15)34(30,31)27-22-23(29-9-8-25-21(29)13-26-22)33-14-16-6-7-19-18(12-16)28(2)10-11-32-19/h3-9,12-13,27H,10-11,14H2,1-2H3. The summed E-state index contributed by atoms with van der Waals surface area (Å²) in [6.07, 6.45) is 4.75. The van der Waals surface area contributed by atoms with Crippen LogP contribution >= 0.6 is 11.6 Å². The van der Waals surface area contributed by atoms with E-state index >= 15 is 0 Å². The first-order valence-electron chi connectivity index (χ1n) is 10.5. The Morgan fingerprint density at radius 3 is 2.94 bits per heavy atom. The van der Waals surface area contributed by atoms with Gasteiger partial charge in [-0.1, -0.05) is 23.7 Å². The zero-order chi connectivity index (χ0) is 23.9. The van der Waals surface area contributed by atoms with Crippen molar-refractivity contribution in [2.24, 2.45) is 0 Å². The number of rotatable bonds is 6. The molecule has 0 aliphatic carbocycles. The highest BCUT2D eigenvalue weighted by Gasteiger charge is 2.23. The molecular formula is C23H22ClN5O4S. The van der Waals surface area contributed by atoms with Crippen molar-refractivity contribution in [3.8, 4) is 11.6 Å². The van der Waals surface area contributed by atoms with E-state index in [-0.39, 0.29) is 23.2 Å². The molecule has 9 nitrogen and oxygen atoms in total. The summed E-state index contributed by atoms with van der Waals surface area (Å²) >= 11 is 6.14. The Hall–Kier alpha value is -3.50. The van der Waals surface area contributed by atoms with Crippen LogP contribution < -0.4 is 19.1 Å². The second kappa shape index (κ2) is 8.69. The number of imidazole rings is 1. The van der Waals surface area contributed by atoms with E-state index in [2.05, 4.69) is 19.6 Å². The van der Waals surface area contributed by atoms with Crippen molar-refractivity contribution < 1.29 is 17.9 Å². The molecule has 0 bridgehead atoms. The number of aromatic nitrogens is 3. The van der Waals surface area contributed by atoms with E-state index in [1.54, 1.807) is 35.9 Å². The van der Waals surface area contributed by atoms with E-state index in [0.717, 1.165) is 23.5 Å². The lowest BCUT2D eigenvalue weighted by molar-refractivity contribution is 0.289. The Bertz CT molecular complexity index is 1490. The van der Waals surface area contributed by atoms with Gasteiger partial charge in [0.1, 0.15) is 19.0 Å². The fourth-order valence-corrected chi connectivity index (χ4v) is 5.29. The summed E-state index contributed by atoms with van der Waals surface area (Å²) in [7, 11) is -1.97. The molecule has 2 aromatic carbocycles. The van der Waals surface area contributed by atoms with E-state index in [9.17, 15) is 8.42 Å². The number of sulfonamides is 1. The zero-order valence-corrected chi connectivity index (χ0v) is 20.1. The van der Waals surface area contributed by atoms with E-state index in [1.165, 1.54) is 12.3 Å². The van der Waals surface area contributed by atoms with Crippen LogP contribution in [0.15, 0.2) is 59.9 Å². The minimum Gasteiger partial charge on any atom is -0.490 e. The first-order valence-corrected chi connectivity index (χ1v) is 12.4. The van der Waals surface area contributed by atoms with Gasteiger partial charge < -0.3 is 14.4 Å². The maximum Gasteiger partial charge on any atom is 0.263 e. The van der Waals surface area contributed by atoms with Gasteiger partial charge >= 0.3 is 0 Å². The summed E-state index contributed by atoms with van der Waals surface area (Å²) in [5.74, 6) is 1.09. The lowest BCUT2D eigenvalue weighted by Crippen LogP contribution is -2.28. The molecule has 1 N–H and O–H groups in total. The first-order chi connectivity index (χ1) is 16.3. The SMILES string of the molecule is Cc1c(Cl)cccc1S(=O)(=O)Nc1ncc2nccn2c1OCc1ccc2c(c1)N(C)CCO2. The Kier molecular flexibility index (Phi) is 5.70. The second-order valence-electron chi connectivity index (χ2n) is 7.90. The van der Waals surface area contributed by atoms with Crippen LogP contribution in [-0.2, 0) is 16.6 Å². The van der Waals surface area contributed by atoms with Crippen LogP contribution in [0.2, 0.25) is 5.02 Å². The lowest BCUT2D eigenvalue weighted by atomic mass is 10.1. The van der Waals surface area contributed by atoms with Crippen molar-refractivity contribution in [2.45, 2.75) is 18.4 Å². The van der Waals surface area contributed by atoms with Crippen LogP contribution in [0.4, 0.5) is 11.5 Å². The fraction of sp³-hybridized carbons (Fsp3) is 0.217. The van der Waals surface area contributed by atoms with Gasteiger partial charge in [0.2, 0.25) is 11.7 Å². The lowest BCUT2D eigenvalue weighted by Gasteiger charge is -2.28. The van der Waals surface area contributed by atoms with Gasteiger partial charge in [0, 0.05) is 24.5 Å². The third-order valence-electron chi connectivity index (χ3n) is 5.63. The molecule has 0 saturated heterocycles. The van der Waals surface area contributed by atoms with Crippen molar-refractivity contribution in [3.05, 3.63) is 71.1 Å². The minimum absolute atomic E-state index is 0.0447. The minimum atomic E-state index is -3.98. The van der Waals surface area contributed by atoms with Crippen molar-refractivity contribution in [1.29, 1.82) is 0 Å². The molecule has 0 saturated carbocycles. The third-order valence-corrected chi connectivity index (χ3v) is 7.53. The predicted molar refractivity (Wildman–Crippen MR) is 130 cm³/mol. The Balaban J connectivity index is 1.48. The second-order valence-corrected chi connectivity index (χ2v) is 9.95. The molecule has 176 valence electrons. The number of hydrogen-bond donors (Lipinski definition) is 1. The van der Waals surface area contributed by atoms with Gasteiger partial charge in [0.05, 0.1) is 23.3 Å². The van der Waals surface area contributed by atoms with Crippen LogP contribution in [-0.4, -0.2) is 43.0 Å². The van der Waals surface area contributed by atoms with Gasteiger partial charge in [-0.05, 0) is 42.3 Å². The number of fused-ring (bicyclic) bond motifs is 2. The third kappa shape index (κ3) is 4.10. The highest BCUT2D eigenvalue weighted by atomic mass is 35.5. The van der Waals surface area contributed by atoms with Gasteiger partial charge in [0.15, 0.2) is 5.65 Å². The molecule has 11 heteroatoms. The maximum absolute atomic E-state index is 13.2. The number of nitrogens with one attached hydrogen (secondary N) is 1. The molecule has 0 atom stereocenters. The summed E-state index contributed by atoms with van der Waals surface area (Å²) in [5, 5.41) is 0.360. The monoisotopic (exact) mass is 499 g/mol. The van der Waals surface area contributed by atoms with E-state index in [4.69, 9.17) is 21.1 Å². The molecule has 0 spiro atoms. The average Bonchev–Trinajstić information content (AvgIpc) is 3.29. The molecule has 34 heavy (non-hydrogen) atoms. The van der Waals surface area contributed by atoms with Gasteiger partial charge in [-0.15, -0.1) is 0 Å². The molecule has 0 amide bonds. The number of halogens is 1. The maximum atomic E-state index is 13.2. The summed E-state index contributed by atoms with van der Waals surface area (Å²) in [5.41, 5.74) is 2.84. The van der Waals surface area contributed by atoms with Crippen molar-refractivity contribution in [1.82, 2.24) is 14.4 Å². The Morgan fingerprint density at radius 2 is 2.09 bits per heavy atom. The first kappa shape index (κ1) is 22.3. The quantitative estimate of drug-likeness (QED) is 0.429. The van der Waals surface area contributed by atoms with Crippen molar-refractivity contribution >= 4 is 38.8 Å². The number of benzene rings is 2. The highest BCUT2D eigenvalue weighted by molar-refractivity contribution is 7.92. The fourth-order valence-electron chi connectivity index (χ4n) is 3.78. The van der Waals surface area contributed by atoms with Crippen LogP contribution in [0, 0.1) is 6.92 Å². The topological polar surface area (TPSA) is 98.1 Å². The van der Waals surface area contributed by atoms with Gasteiger partial charge in [-0.25, -0.2) is 18.4 Å². The molecule has 5 rings (SSSR count). The van der Waals surface area contributed by atoms with Crippen LogP contribution in [0.25, 0.3) is 5.65 Å². The van der Waals surface area contributed by atoms with E-state index in [1.807, 2.05) is 25.2 Å². The summed E-state index contributed by atoms with van der Waals surface area (Å²) in [4.78, 5) is 10.7. The van der Waals surface area contributed by atoms with E-state index in [0.29, 0.717) is 22.8 Å². The zero-order valence-electron chi connectivity index (χ0n) is 18.5. The van der Waals surface area contributed by atoms with Crippen LogP contribution in [0.5, 0.6) is 11.6 Å². The van der Waals surface area contributed by atoms with E-state index < -0.39 is 10.0 Å². The molecular weight excluding hydrogens is 478 g/mol. The molecule has 0 fully saturated rings. The average molecular weight is 500 g/mol. The van der Waals surface area contributed by atoms with Crippen molar-refractivity contribution in [3.63, 3.8) is 0 Å². The summed E-state index contributed by atoms with van der Waals surface area (Å²) in [6.45, 7) is 3.27. The number of anilines is 2. The number of ether oxygens (including phenoxy) is 2. The summed E-state index contributed by atoms with van der Waals surface area (Å²) in [6, 6.07) is 10.5. The normalized spacial score (nSPS) is 13.4. The molecule has 3 heterocycles. The van der Waals surface area contributed by atoms with Crippen molar-refractivity contribution in [2.75, 3.05) is 29.8 Å². The van der Waals surface area contributed by atoms with Crippen LogP contribution in [0.1, 0.15) is 11.1 Å². The number of nitrogens with zero attached hydrogens (tertiary/aromatic N) is 4. The molecule has 0 unspecified atom stereocenters.